The first-order chi connectivity index (χ1) is 15.8. The Morgan fingerprint density at radius 2 is 1.94 bits per heavy atom. The monoisotopic (exact) mass is 445 g/mol. The van der Waals surface area contributed by atoms with Gasteiger partial charge in [0.2, 0.25) is 0 Å². The molecule has 0 saturated heterocycles. The summed E-state index contributed by atoms with van der Waals surface area (Å²) in [5.74, 6) is 1.02. The molecule has 1 aliphatic rings. The predicted octanol–water partition coefficient (Wildman–Crippen LogP) is 5.56. The Bertz CT molecular complexity index is 1180. The van der Waals surface area contributed by atoms with Gasteiger partial charge in [0.25, 0.3) is 5.91 Å². The van der Waals surface area contributed by atoms with Gasteiger partial charge >= 0.3 is 0 Å². The van der Waals surface area contributed by atoms with Gasteiger partial charge in [-0.05, 0) is 86.0 Å². The van der Waals surface area contributed by atoms with Gasteiger partial charge in [0.1, 0.15) is 0 Å². The van der Waals surface area contributed by atoms with E-state index in [2.05, 4.69) is 80.4 Å². The van der Waals surface area contributed by atoms with Crippen LogP contribution in [0.3, 0.4) is 0 Å². The molecule has 1 aromatic heterocycles. The van der Waals surface area contributed by atoms with E-state index >= 15 is 0 Å². The van der Waals surface area contributed by atoms with Crippen molar-refractivity contribution in [2.24, 2.45) is 5.92 Å². The van der Waals surface area contributed by atoms with Crippen molar-refractivity contribution < 1.29 is 9.32 Å². The van der Waals surface area contributed by atoms with Crippen LogP contribution in [0.4, 0.5) is 0 Å². The summed E-state index contributed by atoms with van der Waals surface area (Å²) < 4.78 is 5.93. The van der Waals surface area contributed by atoms with Crippen LogP contribution in [-0.4, -0.2) is 36.1 Å². The molecule has 1 aliphatic heterocycles. The summed E-state index contributed by atoms with van der Waals surface area (Å²) >= 11 is 0. The fourth-order valence-corrected chi connectivity index (χ4v) is 4.79. The van der Waals surface area contributed by atoms with Gasteiger partial charge in [0, 0.05) is 25.2 Å². The second kappa shape index (κ2) is 9.52. The molecule has 0 radical (unpaired) electrons. The summed E-state index contributed by atoms with van der Waals surface area (Å²) in [6, 6.07) is 11.0. The van der Waals surface area contributed by atoms with E-state index in [1.807, 2.05) is 6.92 Å². The number of amides is 1. The molecular formula is C28H35N3O2. The maximum Gasteiger partial charge on any atom is 0.274 e. The van der Waals surface area contributed by atoms with Gasteiger partial charge in [0.05, 0.1) is 5.56 Å². The third-order valence-corrected chi connectivity index (χ3v) is 6.50. The van der Waals surface area contributed by atoms with Gasteiger partial charge in [-0.1, -0.05) is 43.3 Å². The zero-order valence-electron chi connectivity index (χ0n) is 20.7. The van der Waals surface area contributed by atoms with E-state index in [0.717, 1.165) is 48.2 Å². The lowest BCUT2D eigenvalue weighted by molar-refractivity contribution is 0.0947. The third-order valence-electron chi connectivity index (χ3n) is 6.50. The molecule has 5 heteroatoms. The number of aryl methyl sites for hydroxylation is 2. The highest BCUT2D eigenvalue weighted by molar-refractivity contribution is 6.02. The molecule has 2 aromatic carbocycles. The van der Waals surface area contributed by atoms with Gasteiger partial charge in [-0.3, -0.25) is 4.79 Å². The Morgan fingerprint density at radius 1 is 1.15 bits per heavy atom. The lowest BCUT2D eigenvalue weighted by atomic mass is 9.89. The zero-order chi connectivity index (χ0) is 23.7. The minimum Gasteiger partial charge on any atom is -0.355 e. The molecule has 0 spiro atoms. The topological polar surface area (TPSA) is 58.4 Å². The molecule has 1 N–H and O–H groups in total. The van der Waals surface area contributed by atoms with Crippen LogP contribution in [0.1, 0.15) is 59.1 Å². The summed E-state index contributed by atoms with van der Waals surface area (Å²) in [4.78, 5) is 15.3. The van der Waals surface area contributed by atoms with Crippen molar-refractivity contribution in [2.75, 3.05) is 20.1 Å². The normalized spacial score (nSPS) is 13.9. The fraction of sp³-hybridized carbons (Fsp3) is 0.429. The van der Waals surface area contributed by atoms with Crippen LogP contribution in [0.2, 0.25) is 0 Å². The highest BCUT2D eigenvalue weighted by atomic mass is 16.5. The Labute approximate surface area is 197 Å². The molecule has 0 saturated carbocycles. The third kappa shape index (κ3) is 4.74. The number of benzene rings is 2. The van der Waals surface area contributed by atoms with Crippen LogP contribution in [0.5, 0.6) is 0 Å². The number of carbonyl (C=O) groups excluding carboxylic acids is 1. The first-order valence-electron chi connectivity index (χ1n) is 12.0. The van der Waals surface area contributed by atoms with Crippen molar-refractivity contribution in [3.63, 3.8) is 0 Å². The van der Waals surface area contributed by atoms with Crippen molar-refractivity contribution in [3.05, 3.63) is 63.8 Å². The summed E-state index contributed by atoms with van der Waals surface area (Å²) in [6.45, 7) is 13.2. The zero-order valence-corrected chi connectivity index (χ0v) is 20.7. The lowest BCUT2D eigenvalue weighted by Gasteiger charge is -2.25. The summed E-state index contributed by atoms with van der Waals surface area (Å²) in [6.07, 6.45) is 2.00. The molecule has 0 atom stereocenters. The minimum absolute atomic E-state index is 0.202. The van der Waals surface area contributed by atoms with Crippen LogP contribution in [0.15, 0.2) is 34.9 Å². The summed E-state index contributed by atoms with van der Waals surface area (Å²) in [7, 11) is 2.15. The molecule has 5 nitrogen and oxygen atoms in total. The molecular weight excluding hydrogens is 410 g/mol. The first kappa shape index (κ1) is 23.2. The first-order valence-corrected chi connectivity index (χ1v) is 12.0. The Hall–Kier alpha value is -2.92. The molecule has 0 bridgehead atoms. The van der Waals surface area contributed by atoms with Crippen LogP contribution >= 0.6 is 0 Å². The van der Waals surface area contributed by atoms with Crippen molar-refractivity contribution in [2.45, 2.75) is 54.0 Å². The van der Waals surface area contributed by atoms with Gasteiger partial charge in [-0.25, -0.2) is 0 Å². The molecule has 0 fully saturated rings. The molecule has 33 heavy (non-hydrogen) atoms. The van der Waals surface area contributed by atoms with Crippen LogP contribution in [-0.2, 0) is 19.4 Å². The van der Waals surface area contributed by atoms with Gasteiger partial charge in [-0.2, -0.15) is 0 Å². The van der Waals surface area contributed by atoms with E-state index in [1.54, 1.807) is 0 Å². The highest BCUT2D eigenvalue weighted by Crippen LogP contribution is 2.39. The van der Waals surface area contributed by atoms with E-state index in [9.17, 15) is 4.79 Å². The molecule has 0 aliphatic carbocycles. The Balaban J connectivity index is 1.89. The van der Waals surface area contributed by atoms with E-state index in [4.69, 9.17) is 4.52 Å². The fourth-order valence-electron chi connectivity index (χ4n) is 4.79. The molecule has 4 rings (SSSR count). The number of likely N-dealkylation sites (N-methyl/N-ethyl adjacent to an activating group) is 1. The number of fused-ring (bicyclic) bond motifs is 1. The highest BCUT2D eigenvalue weighted by Gasteiger charge is 2.26. The summed E-state index contributed by atoms with van der Waals surface area (Å²) in [5.41, 5.74) is 9.52. The molecule has 0 unspecified atom stereocenters. The van der Waals surface area contributed by atoms with Crippen molar-refractivity contribution in [1.29, 1.82) is 0 Å². The smallest absolute Gasteiger partial charge is 0.274 e. The van der Waals surface area contributed by atoms with Gasteiger partial charge < -0.3 is 14.7 Å². The second-order valence-corrected chi connectivity index (χ2v) is 9.76. The van der Waals surface area contributed by atoms with Crippen LogP contribution in [0, 0.1) is 19.8 Å². The van der Waals surface area contributed by atoms with Crippen molar-refractivity contribution in [3.8, 4) is 22.5 Å². The van der Waals surface area contributed by atoms with E-state index in [1.165, 1.54) is 22.3 Å². The average molecular weight is 446 g/mol. The number of hydrogen-bond donors (Lipinski definition) is 1. The molecule has 2 heterocycles. The number of nitrogens with zero attached hydrogens (tertiary/aromatic N) is 2. The largest absolute Gasteiger partial charge is 0.355 e. The number of aromatic nitrogens is 1. The Kier molecular flexibility index (Phi) is 6.71. The quantitative estimate of drug-likeness (QED) is 0.540. The predicted molar refractivity (Wildman–Crippen MR) is 133 cm³/mol. The maximum atomic E-state index is 12.9. The van der Waals surface area contributed by atoms with E-state index < -0.39 is 0 Å². The maximum absolute atomic E-state index is 12.9. The molecule has 3 aromatic rings. The van der Waals surface area contributed by atoms with Crippen molar-refractivity contribution in [1.82, 2.24) is 15.4 Å². The number of rotatable bonds is 6. The van der Waals surface area contributed by atoms with Crippen LogP contribution in [0.25, 0.3) is 22.5 Å². The van der Waals surface area contributed by atoms with E-state index in [-0.39, 0.29) is 5.91 Å². The van der Waals surface area contributed by atoms with Crippen molar-refractivity contribution >= 4 is 5.91 Å². The number of nitrogens with one attached hydrogen (secondary N) is 1. The summed E-state index contributed by atoms with van der Waals surface area (Å²) in [5, 5.41) is 7.17. The van der Waals surface area contributed by atoms with Gasteiger partial charge in [-0.15, -0.1) is 0 Å². The van der Waals surface area contributed by atoms with E-state index in [0.29, 0.717) is 23.9 Å². The molecule has 174 valence electrons. The Morgan fingerprint density at radius 3 is 2.67 bits per heavy atom. The second-order valence-electron chi connectivity index (χ2n) is 9.76. The minimum atomic E-state index is -0.202. The SMILES string of the molecule is CCNC(=O)c1noc(-c2cc(CC(C)C)c(C)cc2C)c1-c1ccc2c(c1)CCN(C)C2. The van der Waals surface area contributed by atoms with Gasteiger partial charge in [0.15, 0.2) is 11.5 Å². The van der Waals surface area contributed by atoms with Crippen LogP contribution < -0.4 is 5.32 Å². The number of hydrogen-bond acceptors (Lipinski definition) is 4. The lowest BCUT2D eigenvalue weighted by Crippen LogP contribution is -2.26. The molecule has 1 amide bonds. The standard InChI is InChI=1S/C28H35N3O2/c1-7-29-28(32)26-25(21-8-9-22-16-31(6)11-10-20(22)14-21)27(33-30-26)24-15-23(12-17(2)3)18(4)13-19(24)5/h8-9,13-15,17H,7,10-12,16H2,1-6H3,(H,29,32). The average Bonchev–Trinajstić information content (AvgIpc) is 3.20. The number of carbonyl (C=O) groups is 1.